The molecule has 0 amide bonds. The number of hydrogen-bond acceptors (Lipinski definition) is 2. The predicted molar refractivity (Wildman–Crippen MR) is 76.2 cm³/mol. The van der Waals surface area contributed by atoms with Gasteiger partial charge in [0.15, 0.2) is 11.6 Å². The number of halogens is 3. The molecule has 2 aromatic carbocycles. The van der Waals surface area contributed by atoms with E-state index in [4.69, 9.17) is 10.5 Å². The lowest BCUT2D eigenvalue weighted by Crippen LogP contribution is -1.97. The molecule has 0 aromatic heterocycles. The van der Waals surface area contributed by atoms with E-state index >= 15 is 0 Å². The van der Waals surface area contributed by atoms with Gasteiger partial charge in [-0.1, -0.05) is 37.9 Å². The van der Waals surface area contributed by atoms with Crippen LogP contribution in [0.1, 0.15) is 5.56 Å². The molecule has 0 spiro atoms. The minimum absolute atomic E-state index is 0.186. The van der Waals surface area contributed by atoms with Crippen molar-refractivity contribution < 1.29 is 9.13 Å². The third-order valence-corrected chi connectivity index (χ3v) is 3.60. The van der Waals surface area contributed by atoms with E-state index in [1.807, 2.05) is 6.07 Å². The minimum atomic E-state index is -0.414. The van der Waals surface area contributed by atoms with Gasteiger partial charge in [0.25, 0.3) is 0 Å². The highest BCUT2D eigenvalue weighted by molar-refractivity contribution is 9.10. The zero-order valence-electron chi connectivity index (χ0n) is 9.29. The van der Waals surface area contributed by atoms with Crippen LogP contribution in [0.4, 0.5) is 4.39 Å². The van der Waals surface area contributed by atoms with Gasteiger partial charge in [-0.25, -0.2) is 4.39 Å². The van der Waals surface area contributed by atoms with Gasteiger partial charge in [0.05, 0.1) is 0 Å². The standard InChI is InChI=1S/C13H10Br2FNO/c14-9-2-4-13(12(16)5-9)18-10-3-1-8(7-17)11(15)6-10/h1-6H,7,17H2. The van der Waals surface area contributed by atoms with Crippen LogP contribution < -0.4 is 10.5 Å². The molecule has 0 atom stereocenters. The second-order valence-electron chi connectivity index (χ2n) is 3.63. The molecular weight excluding hydrogens is 365 g/mol. The molecule has 18 heavy (non-hydrogen) atoms. The van der Waals surface area contributed by atoms with Gasteiger partial charge >= 0.3 is 0 Å². The molecule has 0 aliphatic heterocycles. The monoisotopic (exact) mass is 373 g/mol. The number of hydrogen-bond donors (Lipinski definition) is 1. The zero-order valence-corrected chi connectivity index (χ0v) is 12.5. The Bertz CT molecular complexity index is 575. The fourth-order valence-corrected chi connectivity index (χ4v) is 2.29. The van der Waals surface area contributed by atoms with Gasteiger partial charge in [-0.2, -0.15) is 0 Å². The van der Waals surface area contributed by atoms with Crippen LogP contribution >= 0.6 is 31.9 Å². The SMILES string of the molecule is NCc1ccc(Oc2ccc(Br)cc2F)cc1Br. The van der Waals surface area contributed by atoms with Crippen LogP contribution in [0.5, 0.6) is 11.5 Å². The Hall–Kier alpha value is -0.910. The highest BCUT2D eigenvalue weighted by Gasteiger charge is 2.07. The van der Waals surface area contributed by atoms with Crippen molar-refractivity contribution in [2.45, 2.75) is 6.54 Å². The molecule has 0 saturated heterocycles. The summed E-state index contributed by atoms with van der Waals surface area (Å²) in [5.74, 6) is 0.328. The average Bonchev–Trinajstić information content (AvgIpc) is 2.33. The normalized spacial score (nSPS) is 10.4. The van der Waals surface area contributed by atoms with Gasteiger partial charge in [0.1, 0.15) is 5.75 Å². The fourth-order valence-electron chi connectivity index (χ4n) is 1.44. The van der Waals surface area contributed by atoms with Crippen molar-refractivity contribution in [1.82, 2.24) is 0 Å². The second kappa shape index (κ2) is 5.82. The Balaban J connectivity index is 2.26. The first-order valence-electron chi connectivity index (χ1n) is 5.21. The lowest BCUT2D eigenvalue weighted by molar-refractivity contribution is 0.441. The Morgan fingerprint density at radius 3 is 2.50 bits per heavy atom. The molecule has 0 heterocycles. The van der Waals surface area contributed by atoms with Crippen LogP contribution in [-0.4, -0.2) is 0 Å². The van der Waals surface area contributed by atoms with Crippen LogP contribution in [0, 0.1) is 5.82 Å². The summed E-state index contributed by atoms with van der Waals surface area (Å²) in [6.07, 6.45) is 0. The molecule has 0 aliphatic rings. The van der Waals surface area contributed by atoms with Crippen LogP contribution in [-0.2, 0) is 6.54 Å². The van der Waals surface area contributed by atoms with Crippen LogP contribution in [0.2, 0.25) is 0 Å². The van der Waals surface area contributed by atoms with E-state index in [2.05, 4.69) is 31.9 Å². The smallest absolute Gasteiger partial charge is 0.166 e. The quantitative estimate of drug-likeness (QED) is 0.851. The fraction of sp³-hybridized carbons (Fsp3) is 0.0769. The summed E-state index contributed by atoms with van der Waals surface area (Å²) in [4.78, 5) is 0. The first kappa shape index (κ1) is 13.5. The van der Waals surface area contributed by atoms with Gasteiger partial charge in [0, 0.05) is 15.5 Å². The molecule has 0 unspecified atom stereocenters. The minimum Gasteiger partial charge on any atom is -0.454 e. The zero-order chi connectivity index (χ0) is 13.1. The van der Waals surface area contributed by atoms with Crippen molar-refractivity contribution in [1.29, 1.82) is 0 Å². The molecule has 2 aromatic rings. The van der Waals surface area contributed by atoms with Crippen molar-refractivity contribution in [3.8, 4) is 11.5 Å². The molecule has 0 fully saturated rings. The highest BCUT2D eigenvalue weighted by Crippen LogP contribution is 2.29. The maximum Gasteiger partial charge on any atom is 0.166 e. The van der Waals surface area contributed by atoms with Gasteiger partial charge in [-0.15, -0.1) is 0 Å². The second-order valence-corrected chi connectivity index (χ2v) is 5.40. The van der Waals surface area contributed by atoms with Crippen molar-refractivity contribution >= 4 is 31.9 Å². The number of rotatable bonds is 3. The summed E-state index contributed by atoms with van der Waals surface area (Å²) in [5.41, 5.74) is 6.53. The predicted octanol–water partition coefficient (Wildman–Crippen LogP) is 4.60. The molecule has 5 heteroatoms. The molecule has 0 saturated carbocycles. The number of nitrogens with two attached hydrogens (primary N) is 1. The summed E-state index contributed by atoms with van der Waals surface area (Å²) in [6.45, 7) is 0.438. The van der Waals surface area contributed by atoms with Gasteiger partial charge < -0.3 is 10.5 Å². The molecule has 0 aliphatic carbocycles. The molecular formula is C13H10Br2FNO. The van der Waals surface area contributed by atoms with Crippen molar-refractivity contribution in [3.63, 3.8) is 0 Å². The van der Waals surface area contributed by atoms with E-state index in [-0.39, 0.29) is 5.75 Å². The first-order valence-corrected chi connectivity index (χ1v) is 6.80. The molecule has 0 radical (unpaired) electrons. The Labute approximate surface area is 121 Å². The van der Waals surface area contributed by atoms with E-state index in [0.29, 0.717) is 16.8 Å². The van der Waals surface area contributed by atoms with Crippen LogP contribution in [0.15, 0.2) is 45.3 Å². The summed E-state index contributed by atoms with van der Waals surface area (Å²) in [7, 11) is 0. The lowest BCUT2D eigenvalue weighted by Gasteiger charge is -2.09. The number of ether oxygens (including phenoxy) is 1. The number of benzene rings is 2. The van der Waals surface area contributed by atoms with Gasteiger partial charge in [0.2, 0.25) is 0 Å². The summed E-state index contributed by atoms with van der Waals surface area (Å²) < 4.78 is 20.6. The molecule has 2 nitrogen and oxygen atoms in total. The Kier molecular flexibility index (Phi) is 4.37. The van der Waals surface area contributed by atoms with E-state index in [1.54, 1.807) is 24.3 Å². The largest absolute Gasteiger partial charge is 0.454 e. The van der Waals surface area contributed by atoms with Crippen molar-refractivity contribution in [2.75, 3.05) is 0 Å². The van der Waals surface area contributed by atoms with Crippen LogP contribution in [0.3, 0.4) is 0 Å². The Morgan fingerprint density at radius 2 is 1.89 bits per heavy atom. The maximum atomic E-state index is 13.6. The van der Waals surface area contributed by atoms with Gasteiger partial charge in [-0.3, -0.25) is 0 Å². The van der Waals surface area contributed by atoms with Gasteiger partial charge in [-0.05, 0) is 35.9 Å². The topological polar surface area (TPSA) is 35.2 Å². The molecule has 94 valence electrons. The van der Waals surface area contributed by atoms with E-state index < -0.39 is 5.82 Å². The van der Waals surface area contributed by atoms with Crippen molar-refractivity contribution in [3.05, 3.63) is 56.7 Å². The van der Waals surface area contributed by atoms with E-state index in [0.717, 1.165) is 10.0 Å². The summed E-state index contributed by atoms with van der Waals surface area (Å²) in [5, 5.41) is 0. The maximum absolute atomic E-state index is 13.6. The first-order chi connectivity index (χ1) is 8.60. The summed E-state index contributed by atoms with van der Waals surface area (Å²) >= 11 is 6.58. The van der Waals surface area contributed by atoms with Crippen LogP contribution in [0.25, 0.3) is 0 Å². The molecule has 2 N–H and O–H groups in total. The van der Waals surface area contributed by atoms with E-state index in [1.165, 1.54) is 6.07 Å². The van der Waals surface area contributed by atoms with E-state index in [9.17, 15) is 4.39 Å². The molecule has 2 rings (SSSR count). The summed E-state index contributed by atoms with van der Waals surface area (Å²) in [6, 6.07) is 10.0. The average molecular weight is 375 g/mol. The molecule has 0 bridgehead atoms. The highest BCUT2D eigenvalue weighted by atomic mass is 79.9. The third-order valence-electron chi connectivity index (χ3n) is 2.37. The van der Waals surface area contributed by atoms with Crippen molar-refractivity contribution in [2.24, 2.45) is 5.73 Å². The Morgan fingerprint density at radius 1 is 1.11 bits per heavy atom. The lowest BCUT2D eigenvalue weighted by atomic mass is 10.2. The third kappa shape index (κ3) is 3.10.